The van der Waals surface area contributed by atoms with Crippen LogP contribution in [0.3, 0.4) is 0 Å². The molecule has 1 aromatic rings. The second-order valence-corrected chi connectivity index (χ2v) is 4.19. The van der Waals surface area contributed by atoms with Crippen LogP contribution >= 0.6 is 0 Å². The van der Waals surface area contributed by atoms with Gasteiger partial charge in [-0.3, -0.25) is 14.6 Å². The average Bonchev–Trinajstić information content (AvgIpc) is 2.37. The largest absolute Gasteiger partial charge is 0.481 e. The van der Waals surface area contributed by atoms with Crippen molar-refractivity contribution in [3.63, 3.8) is 0 Å². The molecule has 8 heteroatoms. The maximum atomic E-state index is 11.8. The second-order valence-electron chi connectivity index (χ2n) is 4.19. The molecule has 0 saturated carbocycles. The highest BCUT2D eigenvalue weighted by molar-refractivity contribution is 5.94. The molecule has 0 bridgehead atoms. The van der Waals surface area contributed by atoms with Crippen molar-refractivity contribution in [3.05, 3.63) is 23.8 Å². The van der Waals surface area contributed by atoms with Gasteiger partial charge in [-0.2, -0.15) is 0 Å². The second kappa shape index (κ2) is 7.17. The molecule has 0 aromatic carbocycles. The molecule has 0 unspecified atom stereocenters. The van der Waals surface area contributed by atoms with Crippen LogP contribution in [-0.2, 0) is 9.59 Å². The molecule has 1 aromatic heterocycles. The summed E-state index contributed by atoms with van der Waals surface area (Å²) in [5, 5.41) is 19.8. The zero-order valence-electron chi connectivity index (χ0n) is 10.9. The number of carbonyl (C=O) groups excluding carboxylic acids is 1. The Morgan fingerprint density at radius 1 is 1.25 bits per heavy atom. The van der Waals surface area contributed by atoms with Crippen LogP contribution in [0.25, 0.3) is 0 Å². The zero-order valence-corrected chi connectivity index (χ0v) is 10.9. The Labute approximate surface area is 114 Å². The summed E-state index contributed by atoms with van der Waals surface area (Å²) in [7, 11) is 0. The van der Waals surface area contributed by atoms with E-state index in [0.717, 1.165) is 0 Å². The average molecular weight is 281 g/mol. The highest BCUT2D eigenvalue weighted by Gasteiger charge is 2.21. The lowest BCUT2D eigenvalue weighted by Crippen LogP contribution is -2.41. The van der Waals surface area contributed by atoms with E-state index in [4.69, 9.17) is 10.2 Å². The van der Waals surface area contributed by atoms with Gasteiger partial charge in [0.2, 0.25) is 0 Å². The number of aryl methyl sites for hydroxylation is 1. The van der Waals surface area contributed by atoms with Crippen molar-refractivity contribution < 1.29 is 24.6 Å². The fourth-order valence-electron chi connectivity index (χ4n) is 1.46. The lowest BCUT2D eigenvalue weighted by atomic mass is 10.1. The van der Waals surface area contributed by atoms with Gasteiger partial charge in [0, 0.05) is 12.6 Å². The number of aromatic nitrogens is 2. The molecule has 0 spiro atoms. The van der Waals surface area contributed by atoms with Gasteiger partial charge in [-0.05, 0) is 19.8 Å². The highest BCUT2D eigenvalue weighted by atomic mass is 16.4. The number of hydrogen-bond donors (Lipinski definition) is 3. The van der Waals surface area contributed by atoms with Crippen LogP contribution in [0.15, 0.2) is 12.4 Å². The summed E-state index contributed by atoms with van der Waals surface area (Å²) in [6, 6.07) is -1.15. The summed E-state index contributed by atoms with van der Waals surface area (Å²) in [5.74, 6) is -2.88. The first-order valence-electron chi connectivity index (χ1n) is 5.94. The Kier molecular flexibility index (Phi) is 5.57. The first-order valence-corrected chi connectivity index (χ1v) is 5.94. The molecule has 0 fully saturated rings. The Morgan fingerprint density at radius 3 is 2.45 bits per heavy atom. The maximum Gasteiger partial charge on any atom is 0.326 e. The van der Waals surface area contributed by atoms with Gasteiger partial charge in [-0.15, -0.1) is 0 Å². The highest BCUT2D eigenvalue weighted by Crippen LogP contribution is 2.03. The molecule has 1 atom stereocenters. The van der Waals surface area contributed by atoms with Crippen LogP contribution in [0, 0.1) is 6.92 Å². The van der Waals surface area contributed by atoms with E-state index < -0.39 is 23.9 Å². The first-order chi connectivity index (χ1) is 9.40. The Bertz CT molecular complexity index is 500. The molecule has 20 heavy (non-hydrogen) atoms. The molecule has 0 aliphatic rings. The van der Waals surface area contributed by atoms with E-state index in [1.165, 1.54) is 12.4 Å². The van der Waals surface area contributed by atoms with Gasteiger partial charge < -0.3 is 15.5 Å². The number of nitrogens with zero attached hydrogens (tertiary/aromatic N) is 2. The van der Waals surface area contributed by atoms with Gasteiger partial charge in [0.25, 0.3) is 5.91 Å². The van der Waals surface area contributed by atoms with E-state index >= 15 is 0 Å². The number of aliphatic carboxylic acids is 2. The van der Waals surface area contributed by atoms with E-state index in [-0.39, 0.29) is 25.0 Å². The lowest BCUT2D eigenvalue weighted by molar-refractivity contribution is -0.140. The molecular weight excluding hydrogens is 266 g/mol. The van der Waals surface area contributed by atoms with Gasteiger partial charge >= 0.3 is 11.9 Å². The van der Waals surface area contributed by atoms with Crippen molar-refractivity contribution in [1.82, 2.24) is 15.3 Å². The number of amides is 1. The zero-order chi connectivity index (χ0) is 15.1. The van der Waals surface area contributed by atoms with Crippen LogP contribution in [0.2, 0.25) is 0 Å². The SMILES string of the molecule is Cc1cnc(C(=O)N[C@H](CCCC(=O)O)C(=O)O)cn1. The first kappa shape index (κ1) is 15.5. The lowest BCUT2D eigenvalue weighted by Gasteiger charge is -2.13. The number of rotatable bonds is 7. The van der Waals surface area contributed by atoms with Gasteiger partial charge in [-0.1, -0.05) is 0 Å². The summed E-state index contributed by atoms with van der Waals surface area (Å²) in [4.78, 5) is 40.9. The standard InChI is InChI=1S/C12H15N3O5/c1-7-5-14-9(6-13-7)11(18)15-8(12(19)20)3-2-4-10(16)17/h5-6,8H,2-4H2,1H3,(H,15,18)(H,16,17)(H,19,20)/t8-/m1/s1. The molecule has 1 amide bonds. The summed E-state index contributed by atoms with van der Waals surface area (Å²) in [6.07, 6.45) is 2.69. The van der Waals surface area contributed by atoms with E-state index in [1.807, 2.05) is 0 Å². The van der Waals surface area contributed by atoms with Gasteiger partial charge in [0.1, 0.15) is 11.7 Å². The monoisotopic (exact) mass is 281 g/mol. The molecule has 0 saturated heterocycles. The third-order valence-corrected chi connectivity index (χ3v) is 2.50. The Balaban J connectivity index is 2.60. The number of carboxylic acid groups (broad SMARTS) is 2. The molecule has 1 heterocycles. The smallest absolute Gasteiger partial charge is 0.326 e. The normalized spacial score (nSPS) is 11.7. The van der Waals surface area contributed by atoms with E-state index in [2.05, 4.69) is 15.3 Å². The summed E-state index contributed by atoms with van der Waals surface area (Å²) >= 11 is 0. The van der Waals surface area contributed by atoms with Gasteiger partial charge in [0.15, 0.2) is 0 Å². The third-order valence-electron chi connectivity index (χ3n) is 2.50. The van der Waals surface area contributed by atoms with E-state index in [0.29, 0.717) is 5.69 Å². The molecule has 0 radical (unpaired) electrons. The molecule has 108 valence electrons. The number of carboxylic acids is 2. The minimum atomic E-state index is -1.22. The molecule has 1 rings (SSSR count). The molecule has 0 aliphatic heterocycles. The molecular formula is C12H15N3O5. The maximum absolute atomic E-state index is 11.8. The fourth-order valence-corrected chi connectivity index (χ4v) is 1.46. The minimum Gasteiger partial charge on any atom is -0.481 e. The number of nitrogens with one attached hydrogen (secondary N) is 1. The predicted octanol–water partition coefficient (Wildman–Crippen LogP) is 0.223. The topological polar surface area (TPSA) is 129 Å². The van der Waals surface area contributed by atoms with Crippen molar-refractivity contribution in [2.45, 2.75) is 32.2 Å². The van der Waals surface area contributed by atoms with Crippen LogP contribution < -0.4 is 5.32 Å². The van der Waals surface area contributed by atoms with Crippen LogP contribution in [0.4, 0.5) is 0 Å². The van der Waals surface area contributed by atoms with Crippen LogP contribution in [-0.4, -0.2) is 44.1 Å². The van der Waals surface area contributed by atoms with Crippen LogP contribution in [0.5, 0.6) is 0 Å². The molecule has 8 nitrogen and oxygen atoms in total. The van der Waals surface area contributed by atoms with Gasteiger partial charge in [0.05, 0.1) is 11.9 Å². The Morgan fingerprint density at radius 2 is 1.95 bits per heavy atom. The minimum absolute atomic E-state index is 0.0140. The van der Waals surface area contributed by atoms with Crippen molar-refractivity contribution in [2.24, 2.45) is 0 Å². The predicted molar refractivity (Wildman–Crippen MR) is 67.1 cm³/mol. The van der Waals surface area contributed by atoms with Crippen molar-refractivity contribution >= 4 is 17.8 Å². The van der Waals surface area contributed by atoms with E-state index in [1.54, 1.807) is 6.92 Å². The van der Waals surface area contributed by atoms with Crippen LogP contribution in [0.1, 0.15) is 35.4 Å². The molecule has 3 N–H and O–H groups in total. The fraction of sp³-hybridized carbons (Fsp3) is 0.417. The van der Waals surface area contributed by atoms with E-state index in [9.17, 15) is 14.4 Å². The summed E-state index contributed by atoms with van der Waals surface area (Å²) in [5.41, 5.74) is 0.651. The van der Waals surface area contributed by atoms with Crippen molar-refractivity contribution in [2.75, 3.05) is 0 Å². The molecule has 0 aliphatic carbocycles. The number of hydrogen-bond acceptors (Lipinski definition) is 5. The summed E-state index contributed by atoms with van der Waals surface area (Å²) < 4.78 is 0. The Hall–Kier alpha value is -2.51. The third kappa shape index (κ3) is 5.01. The number of carbonyl (C=O) groups is 3. The van der Waals surface area contributed by atoms with Crippen molar-refractivity contribution in [1.29, 1.82) is 0 Å². The van der Waals surface area contributed by atoms with Crippen molar-refractivity contribution in [3.8, 4) is 0 Å². The quantitative estimate of drug-likeness (QED) is 0.651. The van der Waals surface area contributed by atoms with Gasteiger partial charge in [-0.25, -0.2) is 9.78 Å². The summed E-state index contributed by atoms with van der Waals surface area (Å²) in [6.45, 7) is 1.71.